The Morgan fingerprint density at radius 2 is 1.78 bits per heavy atom. The zero-order chi connectivity index (χ0) is 23.6. The van der Waals surface area contributed by atoms with Gasteiger partial charge in [0, 0.05) is 41.7 Å². The molecule has 0 spiro atoms. The number of hydrogen-bond donors (Lipinski definition) is 0. The summed E-state index contributed by atoms with van der Waals surface area (Å²) in [6, 6.07) is 0. The number of fused-ring (bicyclic) bond motifs is 4. The summed E-state index contributed by atoms with van der Waals surface area (Å²) in [5, 5.41) is 0. The molecule has 0 radical (unpaired) electrons. The van der Waals surface area contributed by atoms with E-state index in [4.69, 9.17) is 0 Å². The van der Waals surface area contributed by atoms with Gasteiger partial charge in [-0.1, -0.05) is 53.7 Å². The van der Waals surface area contributed by atoms with E-state index in [1.807, 2.05) is 6.92 Å². The lowest BCUT2D eigenvalue weighted by molar-refractivity contribution is -0.137. The lowest BCUT2D eigenvalue weighted by atomic mass is 9.48. The van der Waals surface area contributed by atoms with Crippen molar-refractivity contribution < 1.29 is 14.4 Å². The topological polar surface area (TPSA) is 51.2 Å². The van der Waals surface area contributed by atoms with Crippen LogP contribution in [-0.4, -0.2) is 17.3 Å². The number of rotatable bonds is 5. The Hall–Kier alpha value is -1.51. The smallest absolute Gasteiger partial charge is 0.160 e. The van der Waals surface area contributed by atoms with Crippen LogP contribution in [0.5, 0.6) is 0 Å². The molecule has 0 aliphatic heterocycles. The van der Waals surface area contributed by atoms with Crippen molar-refractivity contribution in [2.75, 3.05) is 0 Å². The molecular weight excluding hydrogens is 396 g/mol. The lowest BCUT2D eigenvalue weighted by Gasteiger charge is -2.53. The molecular formula is C29H42O3. The van der Waals surface area contributed by atoms with Gasteiger partial charge < -0.3 is 0 Å². The van der Waals surface area contributed by atoms with Crippen LogP contribution in [0.25, 0.3) is 0 Å². The number of allylic oxidation sites excluding steroid dienone is 3. The Labute approximate surface area is 194 Å². The van der Waals surface area contributed by atoms with Crippen molar-refractivity contribution in [3.05, 3.63) is 23.3 Å². The van der Waals surface area contributed by atoms with Crippen molar-refractivity contribution >= 4 is 17.3 Å². The molecule has 1 unspecified atom stereocenters. The van der Waals surface area contributed by atoms with E-state index in [2.05, 4.69) is 41.2 Å². The third-order valence-corrected chi connectivity index (χ3v) is 10.4. The predicted molar refractivity (Wildman–Crippen MR) is 128 cm³/mol. The fourth-order valence-electron chi connectivity index (χ4n) is 8.14. The van der Waals surface area contributed by atoms with Gasteiger partial charge in [0.1, 0.15) is 5.78 Å². The van der Waals surface area contributed by atoms with Crippen LogP contribution >= 0.6 is 0 Å². The monoisotopic (exact) mass is 438 g/mol. The summed E-state index contributed by atoms with van der Waals surface area (Å²) in [5.41, 5.74) is 2.59. The average Bonchev–Trinajstić information content (AvgIpc) is 3.06. The van der Waals surface area contributed by atoms with Gasteiger partial charge in [-0.15, -0.1) is 0 Å². The summed E-state index contributed by atoms with van der Waals surface area (Å²) in [6.07, 6.45) is 6.53. The molecule has 2 saturated carbocycles. The van der Waals surface area contributed by atoms with Crippen LogP contribution in [-0.2, 0) is 14.4 Å². The van der Waals surface area contributed by atoms with Crippen LogP contribution in [0.1, 0.15) is 92.9 Å². The van der Waals surface area contributed by atoms with Gasteiger partial charge in [0.05, 0.1) is 0 Å². The molecule has 0 saturated heterocycles. The first kappa shape index (κ1) is 23.6. The zero-order valence-electron chi connectivity index (χ0n) is 21.1. The third-order valence-electron chi connectivity index (χ3n) is 10.4. The zero-order valence-corrected chi connectivity index (χ0v) is 21.1. The predicted octanol–water partition coefficient (Wildman–Crippen LogP) is 6.51. The first-order valence-corrected chi connectivity index (χ1v) is 12.9. The van der Waals surface area contributed by atoms with Crippen molar-refractivity contribution in [3.63, 3.8) is 0 Å². The Morgan fingerprint density at radius 1 is 1.09 bits per heavy atom. The molecule has 3 nitrogen and oxygen atoms in total. The Morgan fingerprint density at radius 3 is 2.44 bits per heavy atom. The first-order valence-electron chi connectivity index (χ1n) is 12.9. The largest absolute Gasteiger partial charge is 0.299 e. The summed E-state index contributed by atoms with van der Waals surface area (Å²) < 4.78 is 0. The molecule has 0 aromatic rings. The summed E-state index contributed by atoms with van der Waals surface area (Å²) in [4.78, 5) is 39.8. The molecule has 4 rings (SSSR count). The van der Waals surface area contributed by atoms with E-state index >= 15 is 0 Å². The quantitative estimate of drug-likeness (QED) is 0.460. The normalized spacial score (nSPS) is 40.3. The standard InChI is InChI=1S/C29H42O3/c1-16(2)17(3)8-9-18(4)20-10-11-21-26-24(31)14-22-19(5)23(30)12-13-28(22,6)27(26)25(32)15-29(20,21)7/h16,18-22H,3,8-15H2,1-2,4-7H3/t18-,19+,20-,21+,22?,28+,29-/m1/s1. The molecule has 0 heterocycles. The highest BCUT2D eigenvalue weighted by molar-refractivity contribution is 6.11. The fourth-order valence-corrected chi connectivity index (χ4v) is 8.14. The van der Waals surface area contributed by atoms with Crippen molar-refractivity contribution in [1.29, 1.82) is 0 Å². The minimum absolute atomic E-state index is 0.0125. The third kappa shape index (κ3) is 3.41. The Bertz CT molecular complexity index is 892. The summed E-state index contributed by atoms with van der Waals surface area (Å²) in [5.74, 6) is 2.18. The maximum absolute atomic E-state index is 13.8. The molecule has 4 aliphatic carbocycles. The van der Waals surface area contributed by atoms with Crippen LogP contribution in [0.2, 0.25) is 0 Å². The van der Waals surface area contributed by atoms with Gasteiger partial charge in [-0.2, -0.15) is 0 Å². The van der Waals surface area contributed by atoms with E-state index in [0.29, 0.717) is 37.0 Å². The molecule has 4 aliphatic rings. The van der Waals surface area contributed by atoms with Gasteiger partial charge in [-0.05, 0) is 67.1 Å². The van der Waals surface area contributed by atoms with Gasteiger partial charge in [0.15, 0.2) is 11.6 Å². The second kappa shape index (κ2) is 8.06. The second-order valence-electron chi connectivity index (χ2n) is 12.4. The molecule has 176 valence electrons. The molecule has 0 amide bonds. The second-order valence-corrected chi connectivity index (χ2v) is 12.4. The maximum atomic E-state index is 13.8. The highest BCUT2D eigenvalue weighted by Gasteiger charge is 2.61. The van der Waals surface area contributed by atoms with Crippen LogP contribution in [0.15, 0.2) is 23.3 Å². The van der Waals surface area contributed by atoms with Gasteiger partial charge >= 0.3 is 0 Å². The van der Waals surface area contributed by atoms with E-state index < -0.39 is 0 Å². The molecule has 0 bridgehead atoms. The molecule has 0 aromatic carbocycles. The minimum Gasteiger partial charge on any atom is -0.299 e. The molecule has 3 heteroatoms. The molecule has 0 N–H and O–H groups in total. The van der Waals surface area contributed by atoms with Crippen LogP contribution in [0.4, 0.5) is 0 Å². The van der Waals surface area contributed by atoms with Crippen molar-refractivity contribution in [3.8, 4) is 0 Å². The van der Waals surface area contributed by atoms with Gasteiger partial charge in [-0.25, -0.2) is 0 Å². The summed E-state index contributed by atoms with van der Waals surface area (Å²) >= 11 is 0. The van der Waals surface area contributed by atoms with Crippen molar-refractivity contribution in [2.24, 2.45) is 46.3 Å². The van der Waals surface area contributed by atoms with Gasteiger partial charge in [-0.3, -0.25) is 14.4 Å². The molecule has 32 heavy (non-hydrogen) atoms. The SMILES string of the molecule is C=C(CC[C@@H](C)[C@H]1CC[C@H]2C3=C(C(=O)C[C@]12C)[C@@]1(C)CCC(=O)[C@@H](C)C1CC3=O)C(C)C. The molecule has 2 fully saturated rings. The van der Waals surface area contributed by atoms with Gasteiger partial charge in [0.2, 0.25) is 0 Å². The van der Waals surface area contributed by atoms with Crippen molar-refractivity contribution in [2.45, 2.75) is 92.9 Å². The van der Waals surface area contributed by atoms with E-state index in [-0.39, 0.29) is 45.9 Å². The maximum Gasteiger partial charge on any atom is 0.160 e. The summed E-state index contributed by atoms with van der Waals surface area (Å²) in [7, 11) is 0. The van der Waals surface area contributed by atoms with Crippen molar-refractivity contribution in [1.82, 2.24) is 0 Å². The van der Waals surface area contributed by atoms with Crippen LogP contribution < -0.4 is 0 Å². The lowest BCUT2D eigenvalue weighted by Crippen LogP contribution is -2.53. The minimum atomic E-state index is -0.312. The highest BCUT2D eigenvalue weighted by Crippen LogP contribution is 2.64. The number of hydrogen-bond acceptors (Lipinski definition) is 3. The fraction of sp³-hybridized carbons (Fsp3) is 0.759. The number of carbonyl (C=O) groups excluding carboxylic acids is 3. The highest BCUT2D eigenvalue weighted by atomic mass is 16.1. The Balaban J connectivity index is 1.66. The van der Waals surface area contributed by atoms with E-state index in [1.165, 1.54) is 5.57 Å². The Kier molecular flexibility index (Phi) is 5.96. The number of ketones is 3. The van der Waals surface area contributed by atoms with Gasteiger partial charge in [0.25, 0.3) is 0 Å². The number of Topliss-reactive ketones (excluding diaryl/α,β-unsaturated/α-hetero) is 3. The molecule has 0 aromatic heterocycles. The van der Waals surface area contributed by atoms with Crippen LogP contribution in [0, 0.1) is 46.3 Å². The van der Waals surface area contributed by atoms with Crippen LogP contribution in [0.3, 0.4) is 0 Å². The van der Waals surface area contributed by atoms with E-state index in [1.54, 1.807) is 0 Å². The molecule has 7 atom stereocenters. The van der Waals surface area contributed by atoms with E-state index in [9.17, 15) is 14.4 Å². The number of carbonyl (C=O) groups is 3. The van der Waals surface area contributed by atoms with E-state index in [0.717, 1.165) is 43.3 Å². The summed E-state index contributed by atoms with van der Waals surface area (Å²) in [6.45, 7) is 17.4. The average molecular weight is 439 g/mol. The first-order chi connectivity index (χ1) is 14.9.